The first kappa shape index (κ1) is 12.1. The molecule has 0 amide bonds. The Morgan fingerprint density at radius 3 is 2.76 bits per heavy atom. The molecule has 1 fully saturated rings. The van der Waals surface area contributed by atoms with Crippen molar-refractivity contribution >= 4 is 11.6 Å². The minimum absolute atomic E-state index is 0.353. The number of rotatable bonds is 3. The van der Waals surface area contributed by atoms with Crippen LogP contribution in [0.2, 0.25) is 0 Å². The number of piperidine rings is 1. The summed E-state index contributed by atoms with van der Waals surface area (Å²) in [6.45, 7) is 5.61. The SMILES string of the molecule is CN1CCC(C)(CNc2cc(N)ncn2)CC1. The molecule has 1 saturated heterocycles. The van der Waals surface area contributed by atoms with Crippen LogP contribution in [0.4, 0.5) is 11.6 Å². The van der Waals surface area contributed by atoms with Crippen LogP contribution in [0.1, 0.15) is 19.8 Å². The number of nitrogens with zero attached hydrogens (tertiary/aromatic N) is 3. The Labute approximate surface area is 102 Å². The van der Waals surface area contributed by atoms with E-state index in [0.29, 0.717) is 11.2 Å². The van der Waals surface area contributed by atoms with Crippen LogP contribution in [0.3, 0.4) is 0 Å². The van der Waals surface area contributed by atoms with Gasteiger partial charge in [-0.2, -0.15) is 0 Å². The lowest BCUT2D eigenvalue weighted by Crippen LogP contribution is -2.40. The summed E-state index contributed by atoms with van der Waals surface area (Å²) in [7, 11) is 2.18. The molecular weight excluding hydrogens is 214 g/mol. The van der Waals surface area contributed by atoms with Crippen LogP contribution in [-0.2, 0) is 0 Å². The van der Waals surface area contributed by atoms with E-state index in [1.165, 1.54) is 32.3 Å². The Hall–Kier alpha value is -1.36. The lowest BCUT2D eigenvalue weighted by atomic mass is 9.80. The molecule has 1 aliphatic rings. The van der Waals surface area contributed by atoms with E-state index < -0.39 is 0 Å². The van der Waals surface area contributed by atoms with E-state index in [-0.39, 0.29) is 0 Å². The van der Waals surface area contributed by atoms with Crippen LogP contribution in [0.25, 0.3) is 0 Å². The van der Waals surface area contributed by atoms with Crippen molar-refractivity contribution in [2.45, 2.75) is 19.8 Å². The quantitative estimate of drug-likeness (QED) is 0.824. The van der Waals surface area contributed by atoms with Gasteiger partial charge in [-0.05, 0) is 38.4 Å². The number of hydrogen-bond donors (Lipinski definition) is 2. The van der Waals surface area contributed by atoms with Crippen molar-refractivity contribution in [3.8, 4) is 0 Å². The summed E-state index contributed by atoms with van der Waals surface area (Å²) in [5, 5.41) is 3.36. The molecule has 2 heterocycles. The van der Waals surface area contributed by atoms with E-state index in [1.807, 2.05) is 0 Å². The third kappa shape index (κ3) is 3.30. The smallest absolute Gasteiger partial charge is 0.131 e. The van der Waals surface area contributed by atoms with Gasteiger partial charge in [-0.25, -0.2) is 9.97 Å². The molecule has 1 aliphatic heterocycles. The second kappa shape index (κ2) is 4.87. The molecule has 0 atom stereocenters. The average Bonchev–Trinajstić information content (AvgIpc) is 2.31. The van der Waals surface area contributed by atoms with Gasteiger partial charge in [-0.3, -0.25) is 0 Å². The minimum atomic E-state index is 0.353. The number of anilines is 2. The largest absolute Gasteiger partial charge is 0.384 e. The molecule has 94 valence electrons. The molecule has 0 unspecified atom stereocenters. The molecule has 5 heteroatoms. The van der Waals surface area contributed by atoms with E-state index in [0.717, 1.165) is 12.4 Å². The Balaban J connectivity index is 1.89. The second-order valence-electron chi connectivity index (χ2n) is 5.30. The van der Waals surface area contributed by atoms with Crippen LogP contribution >= 0.6 is 0 Å². The first-order valence-corrected chi connectivity index (χ1v) is 6.07. The van der Waals surface area contributed by atoms with Crippen molar-refractivity contribution in [2.75, 3.05) is 37.7 Å². The maximum Gasteiger partial charge on any atom is 0.131 e. The zero-order chi connectivity index (χ0) is 12.3. The fourth-order valence-corrected chi connectivity index (χ4v) is 2.11. The van der Waals surface area contributed by atoms with Crippen molar-refractivity contribution in [3.63, 3.8) is 0 Å². The third-order valence-electron chi connectivity index (χ3n) is 3.58. The van der Waals surface area contributed by atoms with E-state index in [9.17, 15) is 0 Å². The number of nitrogens with two attached hydrogens (primary N) is 1. The van der Waals surface area contributed by atoms with Gasteiger partial charge < -0.3 is 16.0 Å². The predicted octanol–water partition coefficient (Wildman–Crippen LogP) is 1.20. The molecule has 0 bridgehead atoms. The maximum atomic E-state index is 5.62. The predicted molar refractivity (Wildman–Crippen MR) is 69.8 cm³/mol. The highest BCUT2D eigenvalue weighted by Crippen LogP contribution is 2.30. The summed E-state index contributed by atoms with van der Waals surface area (Å²) in [5.74, 6) is 1.33. The highest BCUT2D eigenvalue weighted by Gasteiger charge is 2.28. The van der Waals surface area contributed by atoms with Crippen LogP contribution in [0, 0.1) is 5.41 Å². The zero-order valence-corrected chi connectivity index (χ0v) is 10.6. The molecule has 3 N–H and O–H groups in total. The maximum absolute atomic E-state index is 5.62. The van der Waals surface area contributed by atoms with E-state index in [4.69, 9.17) is 5.73 Å². The highest BCUT2D eigenvalue weighted by molar-refractivity contribution is 5.43. The summed E-state index contributed by atoms with van der Waals surface area (Å²) in [4.78, 5) is 10.4. The van der Waals surface area contributed by atoms with Crippen LogP contribution in [0.15, 0.2) is 12.4 Å². The van der Waals surface area contributed by atoms with Crippen molar-refractivity contribution in [2.24, 2.45) is 5.41 Å². The zero-order valence-electron chi connectivity index (χ0n) is 10.6. The molecule has 2 rings (SSSR count). The summed E-state index contributed by atoms with van der Waals surface area (Å²) in [6.07, 6.45) is 3.93. The van der Waals surface area contributed by atoms with Gasteiger partial charge in [0, 0.05) is 12.6 Å². The molecule has 0 aliphatic carbocycles. The van der Waals surface area contributed by atoms with Crippen LogP contribution in [-0.4, -0.2) is 41.5 Å². The van der Waals surface area contributed by atoms with Crippen molar-refractivity contribution in [3.05, 3.63) is 12.4 Å². The number of aromatic nitrogens is 2. The average molecular weight is 235 g/mol. The molecule has 1 aromatic heterocycles. The Bertz CT molecular complexity index is 371. The fourth-order valence-electron chi connectivity index (χ4n) is 2.11. The molecule has 0 aromatic carbocycles. The fraction of sp³-hybridized carbons (Fsp3) is 0.667. The van der Waals surface area contributed by atoms with Gasteiger partial charge in [0.05, 0.1) is 0 Å². The monoisotopic (exact) mass is 235 g/mol. The number of likely N-dealkylation sites (tertiary alicyclic amines) is 1. The number of nitrogens with one attached hydrogen (secondary N) is 1. The minimum Gasteiger partial charge on any atom is -0.384 e. The molecule has 5 nitrogen and oxygen atoms in total. The van der Waals surface area contributed by atoms with Crippen molar-refractivity contribution in [1.29, 1.82) is 0 Å². The van der Waals surface area contributed by atoms with E-state index >= 15 is 0 Å². The lowest BCUT2D eigenvalue weighted by molar-refractivity contribution is 0.150. The topological polar surface area (TPSA) is 67.1 Å². The summed E-state index contributed by atoms with van der Waals surface area (Å²) >= 11 is 0. The molecule has 0 spiro atoms. The van der Waals surface area contributed by atoms with Crippen molar-refractivity contribution in [1.82, 2.24) is 14.9 Å². The van der Waals surface area contributed by atoms with Gasteiger partial charge in [-0.15, -0.1) is 0 Å². The number of hydrogen-bond acceptors (Lipinski definition) is 5. The highest BCUT2D eigenvalue weighted by atomic mass is 15.1. The van der Waals surface area contributed by atoms with Gasteiger partial charge >= 0.3 is 0 Å². The normalized spacial score (nSPS) is 20.1. The van der Waals surface area contributed by atoms with Gasteiger partial charge in [0.25, 0.3) is 0 Å². The van der Waals surface area contributed by atoms with E-state index in [2.05, 4.69) is 34.2 Å². The summed E-state index contributed by atoms with van der Waals surface area (Å²) < 4.78 is 0. The van der Waals surface area contributed by atoms with Gasteiger partial charge in [0.15, 0.2) is 0 Å². The number of nitrogen functional groups attached to an aromatic ring is 1. The molecule has 1 aromatic rings. The van der Waals surface area contributed by atoms with Gasteiger partial charge in [0.1, 0.15) is 18.0 Å². The van der Waals surface area contributed by atoms with Crippen molar-refractivity contribution < 1.29 is 0 Å². The lowest BCUT2D eigenvalue weighted by Gasteiger charge is -2.38. The van der Waals surface area contributed by atoms with Crippen LogP contribution in [0.5, 0.6) is 0 Å². The van der Waals surface area contributed by atoms with E-state index in [1.54, 1.807) is 6.07 Å². The first-order valence-electron chi connectivity index (χ1n) is 6.07. The Morgan fingerprint density at radius 2 is 2.12 bits per heavy atom. The van der Waals surface area contributed by atoms with Gasteiger partial charge in [-0.1, -0.05) is 6.92 Å². The second-order valence-corrected chi connectivity index (χ2v) is 5.30. The first-order chi connectivity index (χ1) is 8.07. The molecule has 0 saturated carbocycles. The Kier molecular flexibility index (Phi) is 3.47. The van der Waals surface area contributed by atoms with Crippen LogP contribution < -0.4 is 11.1 Å². The third-order valence-corrected chi connectivity index (χ3v) is 3.58. The van der Waals surface area contributed by atoms with Gasteiger partial charge in [0.2, 0.25) is 0 Å². The summed E-state index contributed by atoms with van der Waals surface area (Å²) in [5.41, 5.74) is 5.97. The molecular formula is C12H21N5. The molecule has 0 radical (unpaired) electrons. The summed E-state index contributed by atoms with van der Waals surface area (Å²) in [6, 6.07) is 1.78. The Morgan fingerprint density at radius 1 is 1.41 bits per heavy atom. The molecule has 17 heavy (non-hydrogen) atoms. The standard InChI is InChI=1S/C12H21N5/c1-12(3-5-17(2)6-4-12)8-14-11-7-10(13)15-9-16-11/h7,9H,3-6,8H2,1-2H3,(H3,13,14,15,16).